The SMILES string of the molecule is C[C@H](OC(=O)c1c2c(nc3ccccc13)/C(=C/c1cccs1)C[C@H](C(C)(C)C)C2)C(=O)NC(N)=O. The largest absolute Gasteiger partial charge is 0.449 e. The standard InChI is InChI=1S/C27H29N3O4S/c1-15(24(31)30-26(28)33)34-25(32)22-19-9-5-6-10-21(19)29-23-16(13-18-8-7-11-35-18)12-17(14-20(22)23)27(2,3)4/h5-11,13,15,17H,12,14H2,1-4H3,(H3,28,30,31,33)/b16-13+/t15-,17-/m0/s1. The number of nitrogens with one attached hydrogen (secondary N) is 1. The number of hydrogen-bond acceptors (Lipinski definition) is 6. The van der Waals surface area contributed by atoms with Crippen LogP contribution >= 0.6 is 11.3 Å². The number of benzene rings is 1. The lowest BCUT2D eigenvalue weighted by molar-refractivity contribution is -0.127. The topological polar surface area (TPSA) is 111 Å². The summed E-state index contributed by atoms with van der Waals surface area (Å²) >= 11 is 1.65. The van der Waals surface area contributed by atoms with Crippen LogP contribution in [0.5, 0.6) is 0 Å². The maximum Gasteiger partial charge on any atom is 0.339 e. The molecule has 0 unspecified atom stereocenters. The van der Waals surface area contributed by atoms with Crippen LogP contribution in [0.3, 0.4) is 0 Å². The van der Waals surface area contributed by atoms with Crippen molar-refractivity contribution in [3.8, 4) is 0 Å². The summed E-state index contributed by atoms with van der Waals surface area (Å²) in [7, 11) is 0. The molecule has 7 nitrogen and oxygen atoms in total. The van der Waals surface area contributed by atoms with Crippen LogP contribution in [0.1, 0.15) is 60.6 Å². The van der Waals surface area contributed by atoms with Gasteiger partial charge in [-0.2, -0.15) is 0 Å². The third-order valence-electron chi connectivity index (χ3n) is 6.40. The lowest BCUT2D eigenvalue weighted by atomic mass is 9.69. The number of allylic oxidation sites excluding steroid dienone is 1. The number of fused-ring (bicyclic) bond motifs is 2. The second-order valence-electron chi connectivity index (χ2n) is 9.89. The summed E-state index contributed by atoms with van der Waals surface area (Å²) in [4.78, 5) is 42.9. The highest BCUT2D eigenvalue weighted by Gasteiger charge is 2.36. The average molecular weight is 492 g/mol. The molecule has 1 aliphatic rings. The molecule has 1 aromatic carbocycles. The Morgan fingerprint density at radius 3 is 2.57 bits per heavy atom. The van der Waals surface area contributed by atoms with E-state index in [1.165, 1.54) is 6.92 Å². The van der Waals surface area contributed by atoms with E-state index in [2.05, 4.69) is 32.9 Å². The Bertz CT molecular complexity index is 1320. The van der Waals surface area contributed by atoms with Gasteiger partial charge in [0.05, 0.1) is 16.8 Å². The number of pyridine rings is 1. The summed E-state index contributed by atoms with van der Waals surface area (Å²) in [6.45, 7) is 8.02. The number of primary amides is 1. The number of carbonyl (C=O) groups excluding carboxylic acids is 3. The van der Waals surface area contributed by atoms with Crippen molar-refractivity contribution in [3.63, 3.8) is 0 Å². The van der Waals surface area contributed by atoms with Crippen molar-refractivity contribution in [2.24, 2.45) is 17.1 Å². The Morgan fingerprint density at radius 1 is 1.17 bits per heavy atom. The third kappa shape index (κ3) is 5.27. The smallest absolute Gasteiger partial charge is 0.339 e. The number of carbonyl (C=O) groups is 3. The van der Waals surface area contributed by atoms with Gasteiger partial charge >= 0.3 is 12.0 Å². The fourth-order valence-electron chi connectivity index (χ4n) is 4.41. The van der Waals surface area contributed by atoms with E-state index in [-0.39, 0.29) is 11.3 Å². The highest BCUT2D eigenvalue weighted by atomic mass is 32.1. The monoisotopic (exact) mass is 491 g/mol. The molecule has 0 fully saturated rings. The fraction of sp³-hybridized carbons (Fsp3) is 0.333. The minimum absolute atomic E-state index is 0.00624. The second kappa shape index (κ2) is 9.62. The fourth-order valence-corrected chi connectivity index (χ4v) is 5.09. The van der Waals surface area contributed by atoms with Crippen molar-refractivity contribution < 1.29 is 19.1 Å². The van der Waals surface area contributed by atoms with E-state index in [1.54, 1.807) is 11.3 Å². The van der Waals surface area contributed by atoms with Crippen molar-refractivity contribution in [1.29, 1.82) is 0 Å². The molecule has 35 heavy (non-hydrogen) atoms. The average Bonchev–Trinajstić information content (AvgIpc) is 3.29. The number of hydrogen-bond donors (Lipinski definition) is 2. The van der Waals surface area contributed by atoms with Gasteiger partial charge in [0.25, 0.3) is 5.91 Å². The first-order valence-corrected chi connectivity index (χ1v) is 12.4. The predicted molar refractivity (Wildman–Crippen MR) is 138 cm³/mol. The first-order chi connectivity index (χ1) is 16.5. The summed E-state index contributed by atoms with van der Waals surface area (Å²) in [6.07, 6.45) is 2.46. The number of rotatable bonds is 4. The number of ether oxygens (including phenoxy) is 1. The van der Waals surface area contributed by atoms with Crippen LogP contribution in [0.25, 0.3) is 22.6 Å². The van der Waals surface area contributed by atoms with Gasteiger partial charge in [-0.3, -0.25) is 10.1 Å². The van der Waals surface area contributed by atoms with Gasteiger partial charge in [-0.25, -0.2) is 14.6 Å². The van der Waals surface area contributed by atoms with Gasteiger partial charge in [0.1, 0.15) is 0 Å². The minimum atomic E-state index is -1.19. The maximum atomic E-state index is 13.5. The summed E-state index contributed by atoms with van der Waals surface area (Å²) < 4.78 is 5.53. The lowest BCUT2D eigenvalue weighted by Gasteiger charge is -2.36. The minimum Gasteiger partial charge on any atom is -0.449 e. The van der Waals surface area contributed by atoms with Crippen LogP contribution in [0.4, 0.5) is 4.79 Å². The van der Waals surface area contributed by atoms with Crippen molar-refractivity contribution >= 4 is 51.8 Å². The van der Waals surface area contributed by atoms with E-state index < -0.39 is 24.0 Å². The van der Waals surface area contributed by atoms with E-state index in [4.69, 9.17) is 15.5 Å². The predicted octanol–water partition coefficient (Wildman–Crippen LogP) is 5.19. The van der Waals surface area contributed by atoms with Crippen molar-refractivity contribution in [1.82, 2.24) is 10.3 Å². The number of para-hydroxylation sites is 1. The highest BCUT2D eigenvalue weighted by molar-refractivity contribution is 7.10. The Balaban J connectivity index is 1.87. The summed E-state index contributed by atoms with van der Waals surface area (Å²) in [6, 6.07) is 10.5. The Morgan fingerprint density at radius 2 is 1.91 bits per heavy atom. The molecule has 3 amide bonds. The van der Waals surface area contributed by atoms with Crippen LogP contribution in [0.2, 0.25) is 0 Å². The lowest BCUT2D eigenvalue weighted by Crippen LogP contribution is -2.42. The van der Waals surface area contributed by atoms with Crippen LogP contribution < -0.4 is 11.1 Å². The van der Waals surface area contributed by atoms with Gasteiger partial charge in [0.15, 0.2) is 6.10 Å². The van der Waals surface area contributed by atoms with Gasteiger partial charge in [0.2, 0.25) is 0 Å². The first kappa shape index (κ1) is 24.6. The van der Waals surface area contributed by atoms with E-state index in [9.17, 15) is 14.4 Å². The molecule has 2 atom stereocenters. The zero-order valence-electron chi connectivity index (χ0n) is 20.3. The summed E-state index contributed by atoms with van der Waals surface area (Å²) in [5, 5.41) is 4.66. The number of nitrogens with two attached hydrogens (primary N) is 1. The number of aromatic nitrogens is 1. The molecule has 0 saturated heterocycles. The molecule has 3 aromatic rings. The van der Waals surface area contributed by atoms with E-state index in [0.29, 0.717) is 22.9 Å². The molecule has 2 aromatic heterocycles. The quantitative estimate of drug-likeness (QED) is 0.488. The summed E-state index contributed by atoms with van der Waals surface area (Å²) in [5.41, 5.74) is 8.82. The van der Waals surface area contributed by atoms with Crippen LogP contribution in [0.15, 0.2) is 41.8 Å². The Labute approximate surface area is 208 Å². The number of amides is 3. The van der Waals surface area contributed by atoms with Crippen molar-refractivity contribution in [2.75, 3.05) is 0 Å². The normalized spacial score (nSPS) is 17.6. The van der Waals surface area contributed by atoms with Gasteiger partial charge in [-0.1, -0.05) is 45.0 Å². The number of urea groups is 1. The number of nitrogens with zero attached hydrogens (tertiary/aromatic N) is 1. The van der Waals surface area contributed by atoms with Crippen molar-refractivity contribution in [2.45, 2.75) is 46.6 Å². The van der Waals surface area contributed by atoms with Crippen molar-refractivity contribution in [3.05, 3.63) is 63.5 Å². The summed E-state index contributed by atoms with van der Waals surface area (Å²) in [5.74, 6) is -1.13. The molecule has 0 bridgehead atoms. The molecule has 0 aliphatic heterocycles. The van der Waals surface area contributed by atoms with Crippen LogP contribution in [-0.2, 0) is 16.0 Å². The number of imide groups is 1. The Hall–Kier alpha value is -3.52. The molecule has 0 saturated carbocycles. The zero-order chi connectivity index (χ0) is 25.3. The van der Waals surface area contributed by atoms with Gasteiger partial charge in [-0.15, -0.1) is 11.3 Å². The molecular weight excluding hydrogens is 462 g/mol. The number of esters is 1. The molecule has 0 spiro atoms. The molecule has 1 aliphatic carbocycles. The zero-order valence-corrected chi connectivity index (χ0v) is 21.1. The molecule has 4 rings (SSSR count). The van der Waals surface area contributed by atoms with E-state index in [1.807, 2.05) is 41.0 Å². The highest BCUT2D eigenvalue weighted by Crippen LogP contribution is 2.45. The van der Waals surface area contributed by atoms with Crippen LogP contribution in [-0.4, -0.2) is 29.0 Å². The molecule has 2 heterocycles. The molecule has 3 N–H and O–H groups in total. The van der Waals surface area contributed by atoms with Gasteiger partial charge < -0.3 is 10.5 Å². The molecule has 182 valence electrons. The second-order valence-corrected chi connectivity index (χ2v) is 10.9. The van der Waals surface area contributed by atoms with Gasteiger partial charge in [-0.05, 0) is 65.8 Å². The maximum absolute atomic E-state index is 13.5. The Kier molecular flexibility index (Phi) is 6.76. The van der Waals surface area contributed by atoms with Gasteiger partial charge in [0, 0.05) is 10.3 Å². The van der Waals surface area contributed by atoms with E-state index >= 15 is 0 Å². The molecule has 0 radical (unpaired) electrons. The third-order valence-corrected chi connectivity index (χ3v) is 7.22. The first-order valence-electron chi connectivity index (χ1n) is 11.5. The molecule has 8 heteroatoms. The number of thiophene rings is 1. The molecular formula is C27H29N3O4S. The van der Waals surface area contributed by atoms with Crippen LogP contribution in [0, 0.1) is 11.3 Å². The van der Waals surface area contributed by atoms with E-state index in [0.717, 1.165) is 28.1 Å².